The van der Waals surface area contributed by atoms with E-state index in [1.54, 1.807) is 12.1 Å². The van der Waals surface area contributed by atoms with Gasteiger partial charge in [-0.1, -0.05) is 48.0 Å². The van der Waals surface area contributed by atoms with Crippen molar-refractivity contribution in [1.29, 1.82) is 0 Å². The molecule has 0 unspecified atom stereocenters. The Kier molecular flexibility index (Phi) is 5.68. The Morgan fingerprint density at radius 1 is 1.19 bits per heavy atom. The molecule has 3 rings (SSSR count). The van der Waals surface area contributed by atoms with Gasteiger partial charge in [-0.15, -0.1) is 0 Å². The second-order valence-corrected chi connectivity index (χ2v) is 6.58. The number of benzene rings is 2. The van der Waals surface area contributed by atoms with E-state index >= 15 is 0 Å². The number of hydrogen-bond acceptors (Lipinski definition) is 3. The number of rotatable bonds is 5. The van der Waals surface area contributed by atoms with Crippen LogP contribution in [0, 0.1) is 6.92 Å². The van der Waals surface area contributed by atoms with Crippen molar-refractivity contribution in [2.75, 3.05) is 11.6 Å². The molecular weight excluding hydrogens is 350 g/mol. The molecule has 0 aromatic heterocycles. The van der Waals surface area contributed by atoms with Crippen molar-refractivity contribution in [2.45, 2.75) is 26.2 Å². The van der Waals surface area contributed by atoms with Crippen LogP contribution < -0.4 is 10.3 Å². The lowest BCUT2D eigenvalue weighted by Gasteiger charge is -2.23. The molecule has 0 saturated carbocycles. The average molecular weight is 370 g/mol. The molecule has 0 atom stereocenters. The van der Waals surface area contributed by atoms with E-state index < -0.39 is 0 Å². The van der Waals surface area contributed by atoms with Gasteiger partial charge in [-0.3, -0.25) is 9.59 Å². The van der Waals surface area contributed by atoms with Crippen LogP contribution in [0.1, 0.15) is 24.0 Å². The molecule has 2 amide bonds. The van der Waals surface area contributed by atoms with Gasteiger partial charge in [0.15, 0.2) is 0 Å². The van der Waals surface area contributed by atoms with E-state index in [1.807, 2.05) is 43.3 Å². The minimum atomic E-state index is -0.239. The van der Waals surface area contributed by atoms with Crippen molar-refractivity contribution in [2.24, 2.45) is 5.10 Å². The van der Waals surface area contributed by atoms with Gasteiger partial charge in [0.1, 0.15) is 5.71 Å². The molecule has 26 heavy (non-hydrogen) atoms. The number of hydrogen-bond donors (Lipinski definition) is 1. The zero-order chi connectivity index (χ0) is 18.5. The molecule has 0 radical (unpaired) electrons. The van der Waals surface area contributed by atoms with Crippen LogP contribution >= 0.6 is 11.6 Å². The number of halogens is 1. The summed E-state index contributed by atoms with van der Waals surface area (Å²) in [7, 11) is 0. The number of nitrogens with one attached hydrogen (secondary N) is 1. The highest BCUT2D eigenvalue weighted by molar-refractivity contribution is 6.40. The lowest BCUT2D eigenvalue weighted by molar-refractivity contribution is -0.118. The van der Waals surface area contributed by atoms with E-state index in [2.05, 4.69) is 10.4 Å². The highest BCUT2D eigenvalue weighted by atomic mass is 35.5. The van der Waals surface area contributed by atoms with Crippen LogP contribution in [0.25, 0.3) is 0 Å². The fourth-order valence-corrected chi connectivity index (χ4v) is 2.87. The molecule has 0 bridgehead atoms. The van der Waals surface area contributed by atoms with Crippen LogP contribution in [0.3, 0.4) is 0 Å². The summed E-state index contributed by atoms with van der Waals surface area (Å²) in [6.45, 7) is 2.41. The van der Waals surface area contributed by atoms with E-state index in [-0.39, 0.29) is 18.2 Å². The molecule has 134 valence electrons. The number of nitrogens with zero attached hydrogens (tertiary/aromatic N) is 2. The summed E-state index contributed by atoms with van der Waals surface area (Å²) in [5.41, 5.74) is 3.00. The quantitative estimate of drug-likeness (QED) is 0.876. The van der Waals surface area contributed by atoms with Crippen molar-refractivity contribution in [3.63, 3.8) is 0 Å². The zero-order valence-corrected chi connectivity index (χ0v) is 15.3. The predicted molar refractivity (Wildman–Crippen MR) is 103 cm³/mol. The highest BCUT2D eigenvalue weighted by Crippen LogP contribution is 2.26. The Labute approximate surface area is 157 Å². The van der Waals surface area contributed by atoms with Gasteiger partial charge in [0.05, 0.1) is 5.69 Å². The third kappa shape index (κ3) is 4.29. The van der Waals surface area contributed by atoms with Gasteiger partial charge in [0.25, 0.3) is 5.91 Å². The van der Waals surface area contributed by atoms with E-state index in [0.29, 0.717) is 29.4 Å². The lowest BCUT2D eigenvalue weighted by atomic mass is 10.1. The fraction of sp³-hybridized carbons (Fsp3) is 0.250. The first-order valence-electron chi connectivity index (χ1n) is 8.53. The molecule has 2 aromatic carbocycles. The Morgan fingerprint density at radius 3 is 2.69 bits per heavy atom. The first-order valence-corrected chi connectivity index (χ1v) is 8.91. The van der Waals surface area contributed by atoms with Crippen LogP contribution in [0.4, 0.5) is 5.69 Å². The molecule has 6 heteroatoms. The van der Waals surface area contributed by atoms with Gasteiger partial charge in [0, 0.05) is 24.4 Å². The van der Waals surface area contributed by atoms with Crippen molar-refractivity contribution in [1.82, 2.24) is 5.32 Å². The third-order valence-corrected chi connectivity index (χ3v) is 4.64. The minimum absolute atomic E-state index is 0.147. The Morgan fingerprint density at radius 2 is 1.96 bits per heavy atom. The first kappa shape index (κ1) is 18.1. The SMILES string of the molecule is Cc1ccc(N2N=C(C(=O)NCCc3ccccc3)CCC2=O)cc1Cl. The van der Waals surface area contributed by atoms with E-state index in [9.17, 15) is 9.59 Å². The molecule has 1 aliphatic rings. The summed E-state index contributed by atoms with van der Waals surface area (Å²) in [6.07, 6.45) is 1.33. The summed E-state index contributed by atoms with van der Waals surface area (Å²) >= 11 is 6.14. The average Bonchev–Trinajstić information content (AvgIpc) is 2.65. The molecular formula is C20H20ClN3O2. The Balaban J connectivity index is 1.67. The number of amides is 2. The van der Waals surface area contributed by atoms with E-state index in [4.69, 9.17) is 11.6 Å². The summed E-state index contributed by atoms with van der Waals surface area (Å²) < 4.78 is 0. The maximum Gasteiger partial charge on any atom is 0.267 e. The Bertz CT molecular complexity index is 849. The number of aryl methyl sites for hydroxylation is 1. The van der Waals surface area contributed by atoms with Crippen molar-refractivity contribution in [3.8, 4) is 0 Å². The largest absolute Gasteiger partial charge is 0.351 e. The summed E-state index contributed by atoms with van der Waals surface area (Å²) in [5, 5.41) is 8.96. The topological polar surface area (TPSA) is 61.8 Å². The molecule has 0 spiro atoms. The highest BCUT2D eigenvalue weighted by Gasteiger charge is 2.25. The smallest absolute Gasteiger partial charge is 0.267 e. The minimum Gasteiger partial charge on any atom is -0.351 e. The number of carbonyl (C=O) groups excluding carboxylic acids is 2. The number of hydrazone groups is 1. The molecule has 5 nitrogen and oxygen atoms in total. The zero-order valence-electron chi connectivity index (χ0n) is 14.5. The lowest BCUT2D eigenvalue weighted by Crippen LogP contribution is -2.39. The molecule has 1 heterocycles. The van der Waals surface area contributed by atoms with Crippen LogP contribution in [0.5, 0.6) is 0 Å². The van der Waals surface area contributed by atoms with Crippen molar-refractivity contribution < 1.29 is 9.59 Å². The maximum absolute atomic E-state index is 12.4. The molecule has 2 aromatic rings. The summed E-state index contributed by atoms with van der Waals surface area (Å²) in [6, 6.07) is 15.2. The van der Waals surface area contributed by atoms with Crippen LogP contribution in [0.15, 0.2) is 53.6 Å². The third-order valence-electron chi connectivity index (χ3n) is 4.24. The Hall–Kier alpha value is -2.66. The molecule has 0 aliphatic carbocycles. The second kappa shape index (κ2) is 8.15. The van der Waals surface area contributed by atoms with Crippen LogP contribution in [-0.4, -0.2) is 24.1 Å². The van der Waals surface area contributed by atoms with Gasteiger partial charge < -0.3 is 5.32 Å². The summed E-state index contributed by atoms with van der Waals surface area (Å²) in [4.78, 5) is 24.6. The van der Waals surface area contributed by atoms with E-state index in [1.165, 1.54) is 5.01 Å². The molecule has 0 fully saturated rings. The van der Waals surface area contributed by atoms with Crippen LogP contribution in [0.2, 0.25) is 5.02 Å². The van der Waals surface area contributed by atoms with Gasteiger partial charge in [-0.05, 0) is 36.6 Å². The molecule has 1 aliphatic heterocycles. The van der Waals surface area contributed by atoms with Gasteiger partial charge in [-0.25, -0.2) is 5.01 Å². The van der Waals surface area contributed by atoms with Crippen LogP contribution in [-0.2, 0) is 16.0 Å². The van der Waals surface area contributed by atoms with Crippen molar-refractivity contribution in [3.05, 3.63) is 64.7 Å². The number of carbonyl (C=O) groups is 2. The van der Waals surface area contributed by atoms with Gasteiger partial charge in [-0.2, -0.15) is 5.10 Å². The second-order valence-electron chi connectivity index (χ2n) is 6.18. The molecule has 0 saturated heterocycles. The maximum atomic E-state index is 12.4. The molecule has 1 N–H and O–H groups in total. The first-order chi connectivity index (χ1) is 12.5. The number of anilines is 1. The van der Waals surface area contributed by atoms with Crippen molar-refractivity contribution >= 4 is 34.8 Å². The summed E-state index contributed by atoms with van der Waals surface area (Å²) in [5.74, 6) is -0.387. The van der Waals surface area contributed by atoms with Gasteiger partial charge in [0.2, 0.25) is 5.91 Å². The standard InChI is InChI=1S/C20H20ClN3O2/c1-14-7-8-16(13-17(14)21)24-19(25)10-9-18(23-24)20(26)22-12-11-15-5-3-2-4-6-15/h2-8,13H,9-12H2,1H3,(H,22,26). The predicted octanol–water partition coefficient (Wildman–Crippen LogP) is 3.49. The normalized spacial score (nSPS) is 14.2. The monoisotopic (exact) mass is 369 g/mol. The van der Waals surface area contributed by atoms with E-state index in [0.717, 1.165) is 17.5 Å². The van der Waals surface area contributed by atoms with Gasteiger partial charge >= 0.3 is 0 Å². The fourth-order valence-electron chi connectivity index (χ4n) is 2.70.